The summed E-state index contributed by atoms with van der Waals surface area (Å²) in [5.74, 6) is -3.48. The van der Waals surface area contributed by atoms with Crippen molar-refractivity contribution in [3.05, 3.63) is 29.8 Å². The minimum atomic E-state index is -1.68. The lowest BCUT2D eigenvalue weighted by molar-refractivity contribution is -0.156. The molecule has 0 bridgehead atoms. The number of methoxy groups -OCH3 is 1. The molecule has 1 aromatic carbocycles. The molecule has 134 valence electrons. The van der Waals surface area contributed by atoms with Gasteiger partial charge in [0.15, 0.2) is 5.54 Å². The standard InChI is InChI=1S/C17H20N2O6/c1-3-19-14(22)11-12(15(19)23)17(8-20,16(24)25-2)18-13(11)9-4-6-10(21)7-5-9/h4-7,11-13,18,20-21H,3,8H2,1-2H3/t11-,12-,13-,17+/m0/s1. The fourth-order valence-electron chi connectivity index (χ4n) is 3.92. The lowest BCUT2D eigenvalue weighted by Crippen LogP contribution is -2.58. The van der Waals surface area contributed by atoms with Crippen LogP contribution in [0.5, 0.6) is 5.75 Å². The molecule has 2 aliphatic heterocycles. The number of nitrogens with zero attached hydrogens (tertiary/aromatic N) is 1. The van der Waals surface area contributed by atoms with Crippen molar-refractivity contribution in [1.29, 1.82) is 0 Å². The summed E-state index contributed by atoms with van der Waals surface area (Å²) in [5.41, 5.74) is -1.05. The molecule has 2 amide bonds. The molecule has 3 rings (SSSR count). The average Bonchev–Trinajstić information content (AvgIpc) is 3.10. The number of rotatable bonds is 4. The number of phenolic OH excluding ortho intramolecular Hbond substituents is 1. The van der Waals surface area contributed by atoms with Gasteiger partial charge in [0, 0.05) is 12.6 Å². The van der Waals surface area contributed by atoms with Gasteiger partial charge < -0.3 is 14.9 Å². The van der Waals surface area contributed by atoms with Crippen molar-refractivity contribution in [3.63, 3.8) is 0 Å². The van der Waals surface area contributed by atoms with Crippen molar-refractivity contribution in [2.75, 3.05) is 20.3 Å². The van der Waals surface area contributed by atoms with E-state index in [2.05, 4.69) is 5.32 Å². The lowest BCUT2D eigenvalue weighted by atomic mass is 9.79. The van der Waals surface area contributed by atoms with Crippen LogP contribution in [-0.2, 0) is 19.1 Å². The van der Waals surface area contributed by atoms with Gasteiger partial charge in [-0.2, -0.15) is 0 Å². The van der Waals surface area contributed by atoms with Crippen molar-refractivity contribution < 1.29 is 29.3 Å². The zero-order valence-corrected chi connectivity index (χ0v) is 13.9. The third-order valence-electron chi connectivity index (χ3n) is 5.11. The van der Waals surface area contributed by atoms with E-state index in [1.807, 2.05) is 0 Å². The van der Waals surface area contributed by atoms with Crippen LogP contribution in [0.4, 0.5) is 0 Å². The van der Waals surface area contributed by atoms with Gasteiger partial charge in [-0.05, 0) is 24.6 Å². The summed E-state index contributed by atoms with van der Waals surface area (Å²) < 4.78 is 4.81. The molecular weight excluding hydrogens is 328 g/mol. The van der Waals surface area contributed by atoms with Gasteiger partial charge in [-0.25, -0.2) is 4.79 Å². The molecule has 4 atom stereocenters. The second kappa shape index (κ2) is 6.12. The Hall–Kier alpha value is -2.45. The SMILES string of the molecule is CCN1C(=O)[C@H]2[C@@H](C1=O)[C@](CO)(C(=O)OC)N[C@H]2c1ccc(O)cc1. The average molecular weight is 348 g/mol. The number of aromatic hydroxyl groups is 1. The molecule has 1 aromatic rings. The van der Waals surface area contributed by atoms with Crippen molar-refractivity contribution in [2.45, 2.75) is 18.5 Å². The summed E-state index contributed by atoms with van der Waals surface area (Å²) in [4.78, 5) is 39.1. The Morgan fingerprint density at radius 1 is 1.28 bits per heavy atom. The van der Waals surface area contributed by atoms with Gasteiger partial charge in [0.05, 0.1) is 25.6 Å². The van der Waals surface area contributed by atoms with Crippen molar-refractivity contribution in [1.82, 2.24) is 10.2 Å². The highest BCUT2D eigenvalue weighted by Gasteiger charge is 2.68. The Labute approximate surface area is 144 Å². The molecule has 8 nitrogen and oxygen atoms in total. The number of hydrogen-bond acceptors (Lipinski definition) is 7. The lowest BCUT2D eigenvalue weighted by Gasteiger charge is -2.30. The van der Waals surface area contributed by atoms with E-state index in [-0.39, 0.29) is 18.2 Å². The van der Waals surface area contributed by atoms with Gasteiger partial charge in [0.25, 0.3) is 0 Å². The Balaban J connectivity index is 2.13. The van der Waals surface area contributed by atoms with E-state index in [0.717, 1.165) is 4.90 Å². The van der Waals surface area contributed by atoms with E-state index >= 15 is 0 Å². The largest absolute Gasteiger partial charge is 0.508 e. The maximum atomic E-state index is 12.8. The summed E-state index contributed by atoms with van der Waals surface area (Å²) in [5, 5.41) is 22.4. The summed E-state index contributed by atoms with van der Waals surface area (Å²) in [6.45, 7) is 1.19. The summed E-state index contributed by atoms with van der Waals surface area (Å²) in [6, 6.07) is 5.48. The number of fused-ring (bicyclic) bond motifs is 1. The van der Waals surface area contributed by atoms with Gasteiger partial charge in [0.1, 0.15) is 5.75 Å². The number of amides is 2. The highest BCUT2D eigenvalue weighted by Crippen LogP contribution is 2.49. The summed E-state index contributed by atoms with van der Waals surface area (Å²) in [7, 11) is 1.17. The minimum absolute atomic E-state index is 0.0590. The summed E-state index contributed by atoms with van der Waals surface area (Å²) >= 11 is 0. The third kappa shape index (κ3) is 2.32. The number of phenols is 1. The first kappa shape index (κ1) is 17.4. The predicted octanol–water partition coefficient (Wildman–Crippen LogP) is -0.438. The smallest absolute Gasteiger partial charge is 0.329 e. The molecule has 8 heteroatoms. The maximum absolute atomic E-state index is 12.8. The molecule has 3 N–H and O–H groups in total. The summed E-state index contributed by atoms with van der Waals surface area (Å²) in [6.07, 6.45) is 0. The monoisotopic (exact) mass is 348 g/mol. The van der Waals surface area contributed by atoms with E-state index in [9.17, 15) is 24.6 Å². The normalized spacial score (nSPS) is 31.3. The fourth-order valence-corrected chi connectivity index (χ4v) is 3.92. The first-order valence-corrected chi connectivity index (χ1v) is 8.02. The van der Waals surface area contributed by atoms with Crippen LogP contribution in [0.15, 0.2) is 24.3 Å². The molecule has 25 heavy (non-hydrogen) atoms. The van der Waals surface area contributed by atoms with Crippen molar-refractivity contribution in [3.8, 4) is 5.75 Å². The molecule has 0 unspecified atom stereocenters. The Morgan fingerprint density at radius 2 is 1.92 bits per heavy atom. The van der Waals surface area contributed by atoms with Gasteiger partial charge >= 0.3 is 5.97 Å². The molecule has 2 saturated heterocycles. The number of imide groups is 1. The number of aliphatic hydroxyl groups is 1. The van der Waals surface area contributed by atoms with Crippen LogP contribution in [0.25, 0.3) is 0 Å². The molecular formula is C17H20N2O6. The van der Waals surface area contributed by atoms with Crippen LogP contribution in [0.1, 0.15) is 18.5 Å². The number of benzene rings is 1. The number of ether oxygens (including phenoxy) is 1. The van der Waals surface area contributed by atoms with E-state index in [1.54, 1.807) is 19.1 Å². The number of hydrogen-bond donors (Lipinski definition) is 3. The molecule has 0 radical (unpaired) electrons. The van der Waals surface area contributed by atoms with Gasteiger partial charge in [0.2, 0.25) is 11.8 Å². The number of likely N-dealkylation sites (tertiary alicyclic amines) is 1. The van der Waals surface area contributed by atoms with E-state index < -0.39 is 41.9 Å². The molecule has 2 aliphatic rings. The van der Waals surface area contributed by atoms with Crippen molar-refractivity contribution >= 4 is 17.8 Å². The van der Waals surface area contributed by atoms with Crippen LogP contribution in [0.3, 0.4) is 0 Å². The number of esters is 1. The molecule has 0 spiro atoms. The van der Waals surface area contributed by atoms with Gasteiger partial charge in [-0.1, -0.05) is 12.1 Å². The highest BCUT2D eigenvalue weighted by atomic mass is 16.5. The Morgan fingerprint density at radius 3 is 2.44 bits per heavy atom. The predicted molar refractivity (Wildman–Crippen MR) is 85.2 cm³/mol. The zero-order valence-electron chi connectivity index (χ0n) is 13.9. The molecule has 0 aliphatic carbocycles. The maximum Gasteiger partial charge on any atom is 0.329 e. The molecule has 2 heterocycles. The van der Waals surface area contributed by atoms with E-state index in [4.69, 9.17) is 4.74 Å². The Kier molecular flexibility index (Phi) is 4.26. The van der Waals surface area contributed by atoms with Gasteiger partial charge in [-0.15, -0.1) is 0 Å². The zero-order chi connectivity index (χ0) is 18.4. The third-order valence-corrected chi connectivity index (χ3v) is 5.11. The Bertz CT molecular complexity index is 718. The topological polar surface area (TPSA) is 116 Å². The molecule has 0 saturated carbocycles. The molecule has 0 aromatic heterocycles. The quantitative estimate of drug-likeness (QED) is 0.499. The number of nitrogens with one attached hydrogen (secondary N) is 1. The number of aliphatic hydroxyl groups excluding tert-OH is 1. The van der Waals surface area contributed by atoms with Crippen molar-refractivity contribution in [2.24, 2.45) is 11.8 Å². The van der Waals surface area contributed by atoms with Crippen LogP contribution >= 0.6 is 0 Å². The highest BCUT2D eigenvalue weighted by molar-refractivity contribution is 6.09. The number of carbonyl (C=O) groups excluding carboxylic acids is 3. The molecule has 2 fully saturated rings. The minimum Gasteiger partial charge on any atom is -0.508 e. The first-order valence-electron chi connectivity index (χ1n) is 8.02. The fraction of sp³-hybridized carbons (Fsp3) is 0.471. The number of carbonyl (C=O) groups is 3. The van der Waals surface area contributed by atoms with Crippen LogP contribution in [-0.4, -0.2) is 58.7 Å². The second-order valence-corrected chi connectivity index (χ2v) is 6.26. The van der Waals surface area contributed by atoms with E-state index in [0.29, 0.717) is 5.56 Å². The first-order chi connectivity index (χ1) is 11.9. The van der Waals surface area contributed by atoms with Crippen LogP contribution in [0.2, 0.25) is 0 Å². The van der Waals surface area contributed by atoms with Crippen LogP contribution < -0.4 is 5.32 Å². The van der Waals surface area contributed by atoms with E-state index in [1.165, 1.54) is 19.2 Å². The second-order valence-electron chi connectivity index (χ2n) is 6.26. The van der Waals surface area contributed by atoms with Gasteiger partial charge in [-0.3, -0.25) is 19.8 Å². The van der Waals surface area contributed by atoms with Crippen LogP contribution in [0, 0.1) is 11.8 Å².